The molecule has 11 nitrogen and oxygen atoms in total. The van der Waals surface area contributed by atoms with E-state index in [0.29, 0.717) is 22.6 Å². The summed E-state index contributed by atoms with van der Waals surface area (Å²) in [6, 6.07) is 9.71. The highest BCUT2D eigenvalue weighted by Gasteiger charge is 2.28. The Balaban J connectivity index is 1.41. The minimum Gasteiger partial charge on any atom is -0.387 e. The van der Waals surface area contributed by atoms with Crippen LogP contribution in [0.2, 0.25) is 0 Å². The molecule has 0 aromatic carbocycles. The molecule has 4 aromatic rings. The van der Waals surface area contributed by atoms with E-state index in [1.165, 1.54) is 26.2 Å². The van der Waals surface area contributed by atoms with Crippen molar-refractivity contribution in [2.45, 2.75) is 63.4 Å². The maximum Gasteiger partial charge on any atom is 0.255 e. The summed E-state index contributed by atoms with van der Waals surface area (Å²) in [5, 5.41) is 37.6. The Morgan fingerprint density at radius 1 is 1.26 bits per heavy atom. The summed E-state index contributed by atoms with van der Waals surface area (Å²) in [4.78, 5) is 17.6. The van der Waals surface area contributed by atoms with Crippen LogP contribution in [0.3, 0.4) is 0 Å². The number of alkyl halides is 1. The molecule has 1 unspecified atom stereocenters. The zero-order chi connectivity index (χ0) is 27.6. The van der Waals surface area contributed by atoms with Crippen molar-refractivity contribution in [2.24, 2.45) is 0 Å². The van der Waals surface area contributed by atoms with Crippen molar-refractivity contribution in [1.29, 1.82) is 5.26 Å². The molecule has 1 saturated carbocycles. The first kappa shape index (κ1) is 26.2. The van der Waals surface area contributed by atoms with Crippen molar-refractivity contribution in [2.75, 3.05) is 11.9 Å². The number of rotatable bonds is 8. The number of carbonyl (C=O) groups is 1. The second kappa shape index (κ2) is 10.8. The lowest BCUT2D eigenvalue weighted by Gasteiger charge is -2.30. The van der Waals surface area contributed by atoms with Crippen molar-refractivity contribution < 1.29 is 14.3 Å². The van der Waals surface area contributed by atoms with Gasteiger partial charge in [-0.15, -0.1) is 5.10 Å². The standard InChI is InChI=1S/C27H30FN9O2/c1-27(2,39)25(28)16-31-26(38)21-15-30-23(24-8-7-20-11-17(13-29)14-33-37(20)24)12-22(21)34-18-3-5-19(6-4-18)36-10-9-32-35-36/h7-12,14-15,18-19,25,39H,3-6,16H2,1-2H3,(H,30,34)(H,31,38). The summed E-state index contributed by atoms with van der Waals surface area (Å²) in [6.45, 7) is 2.39. The van der Waals surface area contributed by atoms with Gasteiger partial charge in [-0.05, 0) is 63.8 Å². The Labute approximate surface area is 224 Å². The highest BCUT2D eigenvalue weighted by Crippen LogP contribution is 2.32. The summed E-state index contributed by atoms with van der Waals surface area (Å²) in [5.41, 5.74) is 1.76. The lowest BCUT2D eigenvalue weighted by Crippen LogP contribution is -2.42. The van der Waals surface area contributed by atoms with Crippen LogP contribution < -0.4 is 10.6 Å². The molecule has 3 N–H and O–H groups in total. The van der Waals surface area contributed by atoms with E-state index in [0.717, 1.165) is 31.2 Å². The van der Waals surface area contributed by atoms with Crippen LogP contribution in [0.1, 0.15) is 61.5 Å². The fraction of sp³-hybridized carbons (Fsp3) is 0.407. The summed E-state index contributed by atoms with van der Waals surface area (Å²) < 4.78 is 17.9. The SMILES string of the molecule is CC(C)(O)C(F)CNC(=O)c1cnc(-c2ccc3cc(C#N)cnn23)cc1NC1CCC(n2ccnn2)CC1. The molecule has 0 saturated heterocycles. The Bertz CT molecular complexity index is 1500. The molecule has 0 aliphatic heterocycles. The topological polar surface area (TPSA) is 146 Å². The number of amides is 1. The zero-order valence-corrected chi connectivity index (χ0v) is 21.8. The summed E-state index contributed by atoms with van der Waals surface area (Å²) in [7, 11) is 0. The molecule has 4 aromatic heterocycles. The number of nitriles is 1. The third-order valence-corrected chi connectivity index (χ3v) is 7.12. The van der Waals surface area contributed by atoms with Crippen molar-refractivity contribution in [3.05, 3.63) is 60.2 Å². The number of fused-ring (bicyclic) bond motifs is 1. The second-order valence-corrected chi connectivity index (χ2v) is 10.4. The van der Waals surface area contributed by atoms with Gasteiger partial charge in [-0.1, -0.05) is 5.21 Å². The average Bonchev–Trinajstić information content (AvgIpc) is 3.61. The molecular formula is C27H30FN9O2. The number of aliphatic hydroxyl groups is 1. The van der Waals surface area contributed by atoms with Gasteiger partial charge in [-0.3, -0.25) is 9.78 Å². The number of hydrogen-bond acceptors (Lipinski definition) is 8. The van der Waals surface area contributed by atoms with Gasteiger partial charge in [0.1, 0.15) is 12.2 Å². The predicted octanol–water partition coefficient (Wildman–Crippen LogP) is 3.29. The molecule has 4 heterocycles. The lowest BCUT2D eigenvalue weighted by atomic mass is 9.91. The number of aromatic nitrogens is 6. The fourth-order valence-corrected chi connectivity index (χ4v) is 4.79. The maximum absolute atomic E-state index is 14.3. The molecule has 0 bridgehead atoms. The fourth-order valence-electron chi connectivity index (χ4n) is 4.79. The average molecular weight is 532 g/mol. The highest BCUT2D eigenvalue weighted by molar-refractivity contribution is 6.00. The minimum absolute atomic E-state index is 0.109. The van der Waals surface area contributed by atoms with Crippen LogP contribution in [0.25, 0.3) is 16.9 Å². The lowest BCUT2D eigenvalue weighted by molar-refractivity contribution is -0.00177. The molecule has 5 rings (SSSR count). The van der Waals surface area contributed by atoms with E-state index in [1.54, 1.807) is 22.8 Å². The van der Waals surface area contributed by atoms with Gasteiger partial charge in [0.25, 0.3) is 5.91 Å². The Morgan fingerprint density at radius 3 is 2.74 bits per heavy atom. The van der Waals surface area contributed by atoms with Crippen LogP contribution in [0.15, 0.2) is 49.1 Å². The van der Waals surface area contributed by atoms with Crippen LogP contribution in [0.4, 0.5) is 10.1 Å². The first-order valence-electron chi connectivity index (χ1n) is 12.9. The van der Waals surface area contributed by atoms with Gasteiger partial charge in [-0.25, -0.2) is 13.6 Å². The molecule has 12 heteroatoms. The molecule has 1 aliphatic rings. The van der Waals surface area contributed by atoms with Crippen LogP contribution in [-0.4, -0.2) is 65.0 Å². The van der Waals surface area contributed by atoms with Crippen LogP contribution in [0.5, 0.6) is 0 Å². The normalized spacial score (nSPS) is 18.4. The van der Waals surface area contributed by atoms with E-state index in [9.17, 15) is 19.6 Å². The predicted molar refractivity (Wildman–Crippen MR) is 142 cm³/mol. The number of nitrogens with one attached hydrogen (secondary N) is 2. The van der Waals surface area contributed by atoms with Crippen LogP contribution in [-0.2, 0) is 0 Å². The van der Waals surface area contributed by atoms with Crippen LogP contribution >= 0.6 is 0 Å². The molecule has 39 heavy (non-hydrogen) atoms. The van der Waals surface area contributed by atoms with Gasteiger partial charge < -0.3 is 15.7 Å². The quantitative estimate of drug-likeness (QED) is 0.314. The molecule has 0 spiro atoms. The van der Waals surface area contributed by atoms with E-state index in [4.69, 9.17) is 0 Å². The van der Waals surface area contributed by atoms with E-state index < -0.39 is 17.7 Å². The van der Waals surface area contributed by atoms with Gasteiger partial charge >= 0.3 is 0 Å². The smallest absolute Gasteiger partial charge is 0.255 e. The van der Waals surface area contributed by atoms with Gasteiger partial charge in [0.15, 0.2) is 0 Å². The van der Waals surface area contributed by atoms with Crippen molar-refractivity contribution in [1.82, 2.24) is 34.9 Å². The number of hydrogen-bond donors (Lipinski definition) is 3. The van der Waals surface area contributed by atoms with E-state index in [-0.39, 0.29) is 24.2 Å². The number of carbonyl (C=O) groups excluding carboxylic acids is 1. The van der Waals surface area contributed by atoms with Gasteiger partial charge in [0, 0.05) is 18.4 Å². The first-order chi connectivity index (χ1) is 18.7. The Hall–Kier alpha value is -4.37. The molecule has 0 radical (unpaired) electrons. The van der Waals surface area contributed by atoms with Gasteiger partial charge in [0.05, 0.1) is 64.3 Å². The minimum atomic E-state index is -1.63. The van der Waals surface area contributed by atoms with E-state index >= 15 is 0 Å². The molecule has 1 fully saturated rings. The molecule has 1 amide bonds. The van der Waals surface area contributed by atoms with Gasteiger partial charge in [0.2, 0.25) is 0 Å². The summed E-state index contributed by atoms with van der Waals surface area (Å²) in [6.07, 6.45) is 8.41. The number of nitrogens with zero attached hydrogens (tertiary/aromatic N) is 7. The third kappa shape index (κ3) is 5.73. The number of halogens is 1. The number of anilines is 1. The first-order valence-corrected chi connectivity index (χ1v) is 12.9. The summed E-state index contributed by atoms with van der Waals surface area (Å²) in [5.74, 6) is -0.489. The van der Waals surface area contributed by atoms with E-state index in [2.05, 4.69) is 37.1 Å². The second-order valence-electron chi connectivity index (χ2n) is 10.4. The largest absolute Gasteiger partial charge is 0.387 e. The van der Waals surface area contributed by atoms with Crippen LogP contribution in [0, 0.1) is 11.3 Å². The van der Waals surface area contributed by atoms with Crippen molar-refractivity contribution in [3.8, 4) is 17.5 Å². The molecule has 1 atom stereocenters. The van der Waals surface area contributed by atoms with Crippen molar-refractivity contribution in [3.63, 3.8) is 0 Å². The number of pyridine rings is 1. The van der Waals surface area contributed by atoms with Gasteiger partial charge in [-0.2, -0.15) is 10.4 Å². The Kier molecular flexibility index (Phi) is 7.26. The molecule has 202 valence electrons. The summed E-state index contributed by atoms with van der Waals surface area (Å²) >= 11 is 0. The Morgan fingerprint density at radius 2 is 2.05 bits per heavy atom. The highest BCUT2D eigenvalue weighted by atomic mass is 19.1. The van der Waals surface area contributed by atoms with Crippen molar-refractivity contribution >= 4 is 17.1 Å². The zero-order valence-electron chi connectivity index (χ0n) is 21.8. The van der Waals surface area contributed by atoms with E-state index in [1.807, 2.05) is 23.0 Å². The monoisotopic (exact) mass is 531 g/mol. The molecular weight excluding hydrogens is 501 g/mol. The third-order valence-electron chi connectivity index (χ3n) is 7.12. The molecule has 1 aliphatic carbocycles. The maximum atomic E-state index is 14.3.